The number of nitrogens with zero attached hydrogens (tertiary/aromatic N) is 12. The van der Waals surface area contributed by atoms with Gasteiger partial charge in [0.1, 0.15) is 34.9 Å². The lowest BCUT2D eigenvalue weighted by Gasteiger charge is -2.32. The van der Waals surface area contributed by atoms with Gasteiger partial charge in [0.2, 0.25) is 0 Å². The molecule has 4 aliphatic heterocycles. The van der Waals surface area contributed by atoms with E-state index in [9.17, 15) is 5.11 Å². The van der Waals surface area contributed by atoms with Crippen LogP contribution in [-0.4, -0.2) is 113 Å². The molecular weight excluding hydrogens is 761 g/mol. The fourth-order valence-electron chi connectivity index (χ4n) is 9.52. The molecule has 13 nitrogen and oxygen atoms in total. The number of hydrogen-bond donors (Lipinski definition) is 1. The molecule has 2 aromatic carbocycles. The number of likely N-dealkylation sites (tertiary alicyclic amines) is 2. The Morgan fingerprint density at radius 1 is 0.459 bits per heavy atom. The highest BCUT2D eigenvalue weighted by molar-refractivity contribution is 5.39. The number of piperidine rings is 2. The van der Waals surface area contributed by atoms with Crippen LogP contribution in [0.3, 0.4) is 0 Å². The average molecular weight is 821 g/mol. The van der Waals surface area contributed by atoms with Gasteiger partial charge < -0.3 is 24.0 Å². The molecule has 0 aliphatic carbocycles. The van der Waals surface area contributed by atoms with E-state index in [4.69, 9.17) is 5.10 Å². The molecule has 6 aromatic rings. The minimum atomic E-state index is -0.221. The summed E-state index contributed by atoms with van der Waals surface area (Å²) in [6.45, 7) is 11.3. The molecule has 1 unspecified atom stereocenters. The van der Waals surface area contributed by atoms with Gasteiger partial charge in [0, 0.05) is 63.5 Å². The first-order chi connectivity index (χ1) is 30.1. The Hall–Kier alpha value is -5.50. The van der Waals surface area contributed by atoms with Gasteiger partial charge in [-0.25, -0.2) is 9.97 Å². The van der Waals surface area contributed by atoms with Gasteiger partial charge in [-0.15, -0.1) is 20.4 Å². The van der Waals surface area contributed by atoms with Crippen molar-refractivity contribution in [2.45, 2.75) is 89.1 Å². The smallest absolute Gasteiger partial charge is 0.147 e. The molecule has 4 saturated heterocycles. The Bertz CT molecular complexity index is 2210. The zero-order chi connectivity index (χ0) is 41.2. The van der Waals surface area contributed by atoms with Gasteiger partial charge in [0.15, 0.2) is 0 Å². The molecule has 1 atom stereocenters. The quantitative estimate of drug-likeness (QED) is 0.148. The van der Waals surface area contributed by atoms with Crippen LogP contribution in [0.1, 0.15) is 91.2 Å². The molecule has 4 fully saturated rings. The van der Waals surface area contributed by atoms with Crippen molar-refractivity contribution < 1.29 is 5.11 Å². The molecule has 0 saturated carbocycles. The van der Waals surface area contributed by atoms with Crippen molar-refractivity contribution in [1.82, 2.24) is 49.3 Å². The summed E-state index contributed by atoms with van der Waals surface area (Å²) in [4.78, 5) is 18.6. The SMILES string of the molecule is OC1CCN(Cc2nnc(C3CCN(c4ccccn4)CC3)n2Cc2ccccc2)C1.c1ccc(Cn2c(CN3CCCC3)nnc2C2CCN(c3ccccn3)CC2)cc1. The lowest BCUT2D eigenvalue weighted by molar-refractivity contribution is 0.173. The van der Waals surface area contributed by atoms with Gasteiger partial charge in [-0.1, -0.05) is 72.8 Å². The van der Waals surface area contributed by atoms with Gasteiger partial charge in [-0.3, -0.25) is 9.80 Å². The third kappa shape index (κ3) is 10.3. The van der Waals surface area contributed by atoms with E-state index >= 15 is 0 Å². The van der Waals surface area contributed by atoms with Crippen molar-refractivity contribution in [3.8, 4) is 0 Å². The number of pyridine rings is 2. The van der Waals surface area contributed by atoms with Crippen LogP contribution in [0.15, 0.2) is 109 Å². The average Bonchev–Trinajstić information content (AvgIpc) is 4.15. The van der Waals surface area contributed by atoms with E-state index in [0.29, 0.717) is 11.8 Å². The number of anilines is 2. The first-order valence-corrected chi connectivity index (χ1v) is 22.5. The van der Waals surface area contributed by atoms with E-state index in [0.717, 1.165) is 132 Å². The zero-order valence-corrected chi connectivity index (χ0v) is 35.4. The molecule has 0 spiro atoms. The van der Waals surface area contributed by atoms with Crippen molar-refractivity contribution in [1.29, 1.82) is 0 Å². The van der Waals surface area contributed by atoms with Crippen LogP contribution < -0.4 is 9.80 Å². The maximum atomic E-state index is 9.92. The Kier molecular flexibility index (Phi) is 13.3. The van der Waals surface area contributed by atoms with Gasteiger partial charge in [0.05, 0.1) is 32.3 Å². The Morgan fingerprint density at radius 2 is 0.918 bits per heavy atom. The maximum Gasteiger partial charge on any atom is 0.147 e. The van der Waals surface area contributed by atoms with Crippen LogP contribution in [-0.2, 0) is 26.2 Å². The summed E-state index contributed by atoms with van der Waals surface area (Å²) in [7, 11) is 0. The highest BCUT2D eigenvalue weighted by Gasteiger charge is 2.30. The van der Waals surface area contributed by atoms with Gasteiger partial charge in [-0.2, -0.15) is 0 Å². The van der Waals surface area contributed by atoms with Gasteiger partial charge in [0.25, 0.3) is 0 Å². The topological polar surface area (TPSA) is 120 Å². The van der Waals surface area contributed by atoms with Crippen LogP contribution in [0, 0.1) is 0 Å². The third-order valence-electron chi connectivity index (χ3n) is 12.9. The first-order valence-electron chi connectivity index (χ1n) is 22.5. The van der Waals surface area contributed by atoms with Crippen LogP contribution >= 0.6 is 0 Å². The van der Waals surface area contributed by atoms with E-state index < -0.39 is 0 Å². The highest BCUT2D eigenvalue weighted by atomic mass is 16.3. The molecule has 4 aliphatic rings. The van der Waals surface area contributed by atoms with E-state index in [1.54, 1.807) is 0 Å². The molecule has 8 heterocycles. The Morgan fingerprint density at radius 3 is 1.34 bits per heavy atom. The second kappa shape index (κ2) is 19.9. The summed E-state index contributed by atoms with van der Waals surface area (Å²) in [5.74, 6) is 7.36. The number of benzene rings is 2. The predicted molar refractivity (Wildman–Crippen MR) is 238 cm³/mol. The summed E-state index contributed by atoms with van der Waals surface area (Å²) in [6.07, 6.45) is 11.2. The van der Waals surface area contributed by atoms with Gasteiger partial charge >= 0.3 is 0 Å². The number of aliphatic hydroxyl groups is 1. The van der Waals surface area contributed by atoms with Crippen molar-refractivity contribution in [3.05, 3.63) is 144 Å². The standard InChI is InChI=1S/C24H30N6O.C24H30N6/c31-21-11-13-28(17-21)18-23-26-27-24(30(23)16-19-6-2-1-3-7-19)20-9-14-29(15-10-20)22-8-4-5-12-25-22;1-2-8-20(9-3-1)18-30-23(19-28-14-6-7-15-28)26-27-24(30)21-11-16-29(17-12-21)22-10-4-5-13-25-22/h1-8,12,20-21,31H,9-11,13-18H2;1-5,8-10,13,21H,6-7,11-12,14-19H2. The van der Waals surface area contributed by atoms with Crippen molar-refractivity contribution in [2.24, 2.45) is 0 Å². The molecular formula is C48H60N12O. The van der Waals surface area contributed by atoms with Crippen LogP contribution in [0.4, 0.5) is 11.6 Å². The first kappa shape index (κ1) is 40.9. The fraction of sp³-hybridized carbons (Fsp3) is 0.458. The molecule has 1 N–H and O–H groups in total. The number of hydrogen-bond acceptors (Lipinski definition) is 11. The van der Waals surface area contributed by atoms with Crippen molar-refractivity contribution in [2.75, 3.05) is 62.2 Å². The number of β-amino-alcohol motifs (C(OH)–C–C–N with tert-alkyl or cyclic N) is 1. The minimum absolute atomic E-state index is 0.221. The lowest BCUT2D eigenvalue weighted by atomic mass is 9.95. The number of rotatable bonds is 12. The van der Waals surface area contributed by atoms with E-state index in [1.807, 2.05) is 30.6 Å². The minimum Gasteiger partial charge on any atom is -0.392 e. The summed E-state index contributed by atoms with van der Waals surface area (Å²) in [5, 5.41) is 28.6. The van der Waals surface area contributed by atoms with Crippen LogP contribution in [0.25, 0.3) is 0 Å². The Balaban J connectivity index is 0.000000156. The van der Waals surface area contributed by atoms with Crippen molar-refractivity contribution >= 4 is 11.6 Å². The zero-order valence-electron chi connectivity index (χ0n) is 35.4. The molecule has 318 valence electrons. The molecule has 10 rings (SSSR count). The van der Waals surface area contributed by atoms with Crippen LogP contribution in [0.5, 0.6) is 0 Å². The molecule has 0 bridgehead atoms. The monoisotopic (exact) mass is 821 g/mol. The fourth-order valence-corrected chi connectivity index (χ4v) is 9.52. The highest BCUT2D eigenvalue weighted by Crippen LogP contribution is 2.32. The second-order valence-corrected chi connectivity index (χ2v) is 17.2. The third-order valence-corrected chi connectivity index (χ3v) is 12.9. The molecule has 61 heavy (non-hydrogen) atoms. The molecule has 0 radical (unpaired) electrons. The summed E-state index contributed by atoms with van der Waals surface area (Å²) in [6, 6.07) is 33.5. The van der Waals surface area contributed by atoms with Gasteiger partial charge in [-0.05, 0) is 93.4 Å². The van der Waals surface area contributed by atoms with E-state index in [1.165, 1.54) is 37.1 Å². The predicted octanol–water partition coefficient (Wildman–Crippen LogP) is 6.37. The summed E-state index contributed by atoms with van der Waals surface area (Å²) < 4.78 is 4.72. The second-order valence-electron chi connectivity index (χ2n) is 17.2. The van der Waals surface area contributed by atoms with E-state index in [2.05, 4.69) is 133 Å². The largest absolute Gasteiger partial charge is 0.392 e. The normalized spacial score (nSPS) is 19.3. The molecule has 13 heteroatoms. The van der Waals surface area contributed by atoms with E-state index in [-0.39, 0.29) is 6.10 Å². The maximum absolute atomic E-state index is 9.92. The van der Waals surface area contributed by atoms with Crippen molar-refractivity contribution in [3.63, 3.8) is 0 Å². The lowest BCUT2D eigenvalue weighted by Crippen LogP contribution is -2.34. The van der Waals surface area contributed by atoms with Crippen LogP contribution in [0.2, 0.25) is 0 Å². The Labute approximate surface area is 360 Å². The number of aliphatic hydroxyl groups excluding tert-OH is 1. The number of aromatic nitrogens is 8. The molecule has 0 amide bonds. The molecule has 4 aromatic heterocycles. The summed E-state index contributed by atoms with van der Waals surface area (Å²) >= 11 is 0. The summed E-state index contributed by atoms with van der Waals surface area (Å²) in [5.41, 5.74) is 2.57.